The Morgan fingerprint density at radius 1 is 1.17 bits per heavy atom. The summed E-state index contributed by atoms with van der Waals surface area (Å²) in [5.74, 6) is -5.52. The first-order valence-electron chi connectivity index (χ1n) is 9.44. The van der Waals surface area contributed by atoms with Gasteiger partial charge in [-0.2, -0.15) is 9.78 Å². The van der Waals surface area contributed by atoms with E-state index in [1.807, 2.05) is 13.8 Å². The van der Waals surface area contributed by atoms with Crippen molar-refractivity contribution in [2.75, 3.05) is 0 Å². The molecular weight excluding hydrogens is 410 g/mol. The number of benzene rings is 1. The SMILES string of the molecule is CCC(Cl)(Cc1c(F)c(F)c(CCCC(C)C)c(F)c1F)NC(=O)n1cccn1. The van der Waals surface area contributed by atoms with Crippen molar-refractivity contribution in [1.29, 1.82) is 0 Å². The van der Waals surface area contributed by atoms with Crippen LogP contribution in [0.1, 0.15) is 51.2 Å². The summed E-state index contributed by atoms with van der Waals surface area (Å²) in [6, 6.07) is 0.766. The Labute approximate surface area is 172 Å². The van der Waals surface area contributed by atoms with E-state index in [0.717, 1.165) is 4.68 Å². The molecule has 2 aromatic rings. The van der Waals surface area contributed by atoms with E-state index < -0.39 is 51.8 Å². The van der Waals surface area contributed by atoms with Gasteiger partial charge in [-0.1, -0.05) is 38.8 Å². The standard InChI is InChI=1S/C20H24ClF4N3O/c1-4-20(21,27-19(29)28-10-6-9-26-28)11-14-17(24)15(22)13(16(23)18(14)25)8-5-7-12(2)3/h6,9-10,12H,4-5,7-8,11H2,1-3H3,(H,27,29). The summed E-state index contributed by atoms with van der Waals surface area (Å²) in [6.45, 7) is 5.46. The molecule has 0 saturated carbocycles. The van der Waals surface area contributed by atoms with Crippen molar-refractivity contribution in [3.8, 4) is 0 Å². The van der Waals surface area contributed by atoms with Gasteiger partial charge in [-0.05, 0) is 31.2 Å². The summed E-state index contributed by atoms with van der Waals surface area (Å²) in [5, 5.41) is 6.13. The Morgan fingerprint density at radius 3 is 2.24 bits per heavy atom. The monoisotopic (exact) mass is 433 g/mol. The summed E-state index contributed by atoms with van der Waals surface area (Å²) in [7, 11) is 0. The second-order valence-corrected chi connectivity index (χ2v) is 8.10. The molecule has 0 aliphatic carbocycles. The van der Waals surface area contributed by atoms with Crippen LogP contribution >= 0.6 is 11.6 Å². The molecule has 29 heavy (non-hydrogen) atoms. The fraction of sp³-hybridized carbons (Fsp3) is 0.500. The highest BCUT2D eigenvalue weighted by atomic mass is 35.5. The maximum absolute atomic E-state index is 14.6. The lowest BCUT2D eigenvalue weighted by atomic mass is 9.96. The lowest BCUT2D eigenvalue weighted by molar-refractivity contribution is 0.231. The first-order chi connectivity index (χ1) is 13.6. The second kappa shape index (κ2) is 9.61. The van der Waals surface area contributed by atoms with E-state index in [4.69, 9.17) is 11.6 Å². The predicted molar refractivity (Wildman–Crippen MR) is 103 cm³/mol. The molecule has 1 aromatic carbocycles. The molecule has 0 spiro atoms. The Hall–Kier alpha value is -2.09. The maximum Gasteiger partial charge on any atom is 0.343 e. The molecule has 1 amide bonds. The topological polar surface area (TPSA) is 46.9 Å². The van der Waals surface area contributed by atoms with Crippen LogP contribution in [0.2, 0.25) is 0 Å². The summed E-state index contributed by atoms with van der Waals surface area (Å²) < 4.78 is 59.1. The van der Waals surface area contributed by atoms with E-state index in [9.17, 15) is 22.4 Å². The van der Waals surface area contributed by atoms with Gasteiger partial charge in [-0.3, -0.25) is 0 Å². The van der Waals surface area contributed by atoms with Gasteiger partial charge in [-0.15, -0.1) is 0 Å². The minimum atomic E-state index is -1.66. The largest absolute Gasteiger partial charge is 0.343 e. The van der Waals surface area contributed by atoms with Gasteiger partial charge < -0.3 is 5.32 Å². The van der Waals surface area contributed by atoms with Crippen LogP contribution < -0.4 is 5.32 Å². The average Bonchev–Trinajstić information content (AvgIpc) is 3.21. The number of amides is 1. The van der Waals surface area contributed by atoms with E-state index in [1.54, 1.807) is 6.92 Å². The van der Waals surface area contributed by atoms with Crippen LogP contribution in [-0.4, -0.2) is 20.8 Å². The number of carbonyl (C=O) groups excluding carboxylic acids is 1. The minimum absolute atomic E-state index is 0.0415. The Kier molecular flexibility index (Phi) is 7.68. The molecule has 0 saturated heterocycles. The molecule has 0 radical (unpaired) electrons. The summed E-state index contributed by atoms with van der Waals surface area (Å²) >= 11 is 6.33. The molecule has 4 nitrogen and oxygen atoms in total. The molecule has 1 heterocycles. The highest BCUT2D eigenvalue weighted by molar-refractivity contribution is 6.24. The number of aromatic nitrogens is 2. The molecule has 2 rings (SSSR count). The van der Waals surface area contributed by atoms with Crippen LogP contribution in [0.25, 0.3) is 0 Å². The number of nitrogens with zero attached hydrogens (tertiary/aromatic N) is 2. The minimum Gasteiger partial charge on any atom is -0.317 e. The molecular formula is C20H24ClF4N3O. The second-order valence-electron chi connectivity index (χ2n) is 7.38. The van der Waals surface area contributed by atoms with E-state index >= 15 is 0 Å². The lowest BCUT2D eigenvalue weighted by Gasteiger charge is -2.27. The molecule has 1 unspecified atom stereocenters. The number of nitrogens with one attached hydrogen (secondary N) is 1. The van der Waals surface area contributed by atoms with Crippen molar-refractivity contribution in [2.24, 2.45) is 5.92 Å². The zero-order valence-corrected chi connectivity index (χ0v) is 17.3. The van der Waals surface area contributed by atoms with Crippen LogP contribution in [0.3, 0.4) is 0 Å². The third kappa shape index (κ3) is 5.50. The molecule has 9 heteroatoms. The zero-order valence-electron chi connectivity index (χ0n) is 16.5. The smallest absolute Gasteiger partial charge is 0.317 e. The van der Waals surface area contributed by atoms with Crippen molar-refractivity contribution in [3.05, 3.63) is 52.9 Å². The molecule has 0 bridgehead atoms. The average molecular weight is 434 g/mol. The predicted octanol–water partition coefficient (Wildman–Crippen LogP) is 5.56. The molecule has 160 valence electrons. The van der Waals surface area contributed by atoms with E-state index in [2.05, 4.69) is 10.4 Å². The Balaban J connectivity index is 2.29. The van der Waals surface area contributed by atoms with Gasteiger partial charge in [0.2, 0.25) is 0 Å². The highest BCUT2D eigenvalue weighted by Crippen LogP contribution is 2.31. The van der Waals surface area contributed by atoms with Gasteiger partial charge in [-0.25, -0.2) is 22.4 Å². The summed E-state index contributed by atoms with van der Waals surface area (Å²) in [6.07, 6.45) is 3.08. The van der Waals surface area contributed by atoms with Crippen molar-refractivity contribution < 1.29 is 22.4 Å². The fourth-order valence-electron chi connectivity index (χ4n) is 2.96. The highest BCUT2D eigenvalue weighted by Gasteiger charge is 2.34. The van der Waals surface area contributed by atoms with Gasteiger partial charge in [0.25, 0.3) is 0 Å². The summed E-state index contributed by atoms with van der Waals surface area (Å²) in [5.41, 5.74) is -1.45. The van der Waals surface area contributed by atoms with Crippen molar-refractivity contribution in [1.82, 2.24) is 15.1 Å². The van der Waals surface area contributed by atoms with Crippen molar-refractivity contribution in [2.45, 2.75) is 57.9 Å². The quantitative estimate of drug-likeness (QED) is 0.256. The first-order valence-corrected chi connectivity index (χ1v) is 9.82. The van der Waals surface area contributed by atoms with Crippen LogP contribution in [0.4, 0.5) is 22.4 Å². The van der Waals surface area contributed by atoms with E-state index in [0.29, 0.717) is 18.8 Å². The molecule has 0 fully saturated rings. The number of rotatable bonds is 8. The molecule has 0 aliphatic heterocycles. The first kappa shape index (κ1) is 23.2. The van der Waals surface area contributed by atoms with E-state index in [-0.39, 0.29) is 12.8 Å². The van der Waals surface area contributed by atoms with Crippen molar-refractivity contribution in [3.63, 3.8) is 0 Å². The van der Waals surface area contributed by atoms with E-state index in [1.165, 1.54) is 18.5 Å². The number of hydrogen-bond acceptors (Lipinski definition) is 2. The van der Waals surface area contributed by atoms with Crippen LogP contribution in [0.15, 0.2) is 18.5 Å². The van der Waals surface area contributed by atoms with Gasteiger partial charge in [0, 0.05) is 29.9 Å². The third-order valence-corrected chi connectivity index (χ3v) is 5.21. The summed E-state index contributed by atoms with van der Waals surface area (Å²) in [4.78, 5) is 10.5. The number of alkyl halides is 1. The lowest BCUT2D eigenvalue weighted by Crippen LogP contribution is -2.47. The third-order valence-electron chi connectivity index (χ3n) is 4.71. The number of hydrogen-bond donors (Lipinski definition) is 1. The Bertz CT molecular complexity index is 829. The van der Waals surface area contributed by atoms with Gasteiger partial charge >= 0.3 is 6.03 Å². The van der Waals surface area contributed by atoms with Crippen LogP contribution in [-0.2, 0) is 12.8 Å². The fourth-order valence-corrected chi connectivity index (χ4v) is 3.17. The molecule has 1 aromatic heterocycles. The van der Waals surface area contributed by atoms with Crippen LogP contribution in [0.5, 0.6) is 0 Å². The zero-order chi connectivity index (χ0) is 21.8. The molecule has 1 atom stereocenters. The van der Waals surface area contributed by atoms with Gasteiger partial charge in [0.15, 0.2) is 23.3 Å². The van der Waals surface area contributed by atoms with Gasteiger partial charge in [0.1, 0.15) is 5.00 Å². The Morgan fingerprint density at radius 2 is 1.76 bits per heavy atom. The van der Waals surface area contributed by atoms with Crippen LogP contribution in [0, 0.1) is 29.2 Å². The number of halogens is 5. The maximum atomic E-state index is 14.6. The van der Waals surface area contributed by atoms with Gasteiger partial charge in [0.05, 0.1) is 0 Å². The normalized spacial score (nSPS) is 13.6. The number of carbonyl (C=O) groups is 1. The molecule has 1 N–H and O–H groups in total. The van der Waals surface area contributed by atoms with Crippen molar-refractivity contribution >= 4 is 17.6 Å². The molecule has 0 aliphatic rings.